The van der Waals surface area contributed by atoms with E-state index in [-0.39, 0.29) is 12.5 Å². The zero-order valence-electron chi connectivity index (χ0n) is 18.9. The number of aryl methyl sites for hydroxylation is 1. The second-order valence-electron chi connectivity index (χ2n) is 7.86. The van der Waals surface area contributed by atoms with E-state index in [1.165, 1.54) is 5.69 Å². The molecule has 0 unspecified atom stereocenters. The highest BCUT2D eigenvalue weighted by molar-refractivity contribution is 5.83. The second kappa shape index (κ2) is 12.0. The van der Waals surface area contributed by atoms with Crippen molar-refractivity contribution in [3.8, 4) is 5.75 Å². The molecule has 0 atom stereocenters. The van der Waals surface area contributed by atoms with Crippen LogP contribution in [0.25, 0.3) is 0 Å². The van der Waals surface area contributed by atoms with Gasteiger partial charge in [0.2, 0.25) is 0 Å². The molecule has 0 heterocycles. The number of nitrogens with zero attached hydrogens (tertiary/aromatic N) is 2. The zero-order valence-corrected chi connectivity index (χ0v) is 18.9. The van der Waals surface area contributed by atoms with Crippen LogP contribution in [0, 0.1) is 6.92 Å². The third kappa shape index (κ3) is 7.21. The minimum absolute atomic E-state index is 0.0670. The van der Waals surface area contributed by atoms with Crippen LogP contribution in [0.3, 0.4) is 0 Å². The third-order valence-corrected chi connectivity index (χ3v) is 4.80. The van der Waals surface area contributed by atoms with Crippen molar-refractivity contribution in [3.05, 3.63) is 59.2 Å². The van der Waals surface area contributed by atoms with Crippen molar-refractivity contribution < 1.29 is 9.53 Å². The van der Waals surface area contributed by atoms with Crippen molar-refractivity contribution in [2.45, 2.75) is 53.4 Å². The summed E-state index contributed by atoms with van der Waals surface area (Å²) >= 11 is 0. The minimum Gasteiger partial charge on any atom is -0.483 e. The van der Waals surface area contributed by atoms with Crippen LogP contribution in [0.2, 0.25) is 0 Å². The van der Waals surface area contributed by atoms with E-state index in [2.05, 4.69) is 67.4 Å². The summed E-state index contributed by atoms with van der Waals surface area (Å²) in [4.78, 5) is 14.5. The molecule has 2 aromatic carbocycles. The molecule has 0 aromatic heterocycles. The van der Waals surface area contributed by atoms with E-state index in [4.69, 9.17) is 4.74 Å². The van der Waals surface area contributed by atoms with E-state index in [1.54, 1.807) is 6.21 Å². The van der Waals surface area contributed by atoms with E-state index >= 15 is 0 Å². The van der Waals surface area contributed by atoms with Gasteiger partial charge in [-0.15, -0.1) is 0 Å². The van der Waals surface area contributed by atoms with Crippen LogP contribution in [0.1, 0.15) is 63.1 Å². The number of hydrogen-bond donors (Lipinski definition) is 1. The molecule has 1 amide bonds. The lowest BCUT2D eigenvalue weighted by atomic mass is 10.0. The van der Waals surface area contributed by atoms with Crippen molar-refractivity contribution in [3.63, 3.8) is 0 Å². The van der Waals surface area contributed by atoms with Crippen LogP contribution < -0.4 is 15.1 Å². The molecule has 0 saturated heterocycles. The van der Waals surface area contributed by atoms with Gasteiger partial charge in [0.25, 0.3) is 5.91 Å². The number of rotatable bonds is 11. The van der Waals surface area contributed by atoms with Crippen LogP contribution in [-0.2, 0) is 4.79 Å². The minimum atomic E-state index is -0.281. The second-order valence-corrected chi connectivity index (χ2v) is 7.86. The number of nitrogens with one attached hydrogen (secondary N) is 1. The van der Waals surface area contributed by atoms with E-state index < -0.39 is 0 Å². The Kier molecular flexibility index (Phi) is 9.39. The maximum absolute atomic E-state index is 12.1. The molecule has 0 aliphatic carbocycles. The average molecular weight is 410 g/mol. The summed E-state index contributed by atoms with van der Waals surface area (Å²) in [5.74, 6) is 0.801. The molecule has 0 fully saturated rings. The highest BCUT2D eigenvalue weighted by Gasteiger charge is 2.10. The highest BCUT2D eigenvalue weighted by atomic mass is 16.5. The molecular formula is C25H35N3O2. The van der Waals surface area contributed by atoms with Gasteiger partial charge in [-0.3, -0.25) is 4.79 Å². The standard InChI is InChI=1S/C25H35N3O2/c1-6-14-28(15-7-2)22-11-9-21(10-12-22)17-26-27-25(29)18-30-24-16-20(5)8-13-23(24)19(3)4/h8-13,16-17,19H,6-7,14-15,18H2,1-5H3,(H,27,29). The van der Waals surface area contributed by atoms with Gasteiger partial charge in [0.05, 0.1) is 6.21 Å². The smallest absolute Gasteiger partial charge is 0.277 e. The molecule has 5 heteroatoms. The van der Waals surface area contributed by atoms with Crippen molar-refractivity contribution in [1.82, 2.24) is 5.43 Å². The molecule has 1 N–H and O–H groups in total. The van der Waals surface area contributed by atoms with Crippen LogP contribution >= 0.6 is 0 Å². The molecule has 0 radical (unpaired) electrons. The summed E-state index contributed by atoms with van der Waals surface area (Å²) < 4.78 is 5.74. The van der Waals surface area contributed by atoms with Gasteiger partial charge in [0.15, 0.2) is 6.61 Å². The zero-order chi connectivity index (χ0) is 21.9. The number of carbonyl (C=O) groups excluding carboxylic acids is 1. The third-order valence-electron chi connectivity index (χ3n) is 4.80. The summed E-state index contributed by atoms with van der Waals surface area (Å²) in [5.41, 5.74) is 6.89. The largest absolute Gasteiger partial charge is 0.483 e. The topological polar surface area (TPSA) is 53.9 Å². The fourth-order valence-electron chi connectivity index (χ4n) is 3.28. The first-order valence-corrected chi connectivity index (χ1v) is 10.8. The monoisotopic (exact) mass is 409 g/mol. The number of hydrogen-bond acceptors (Lipinski definition) is 4. The first-order chi connectivity index (χ1) is 14.4. The van der Waals surface area contributed by atoms with E-state index in [9.17, 15) is 4.79 Å². The fraction of sp³-hybridized carbons (Fsp3) is 0.440. The molecule has 30 heavy (non-hydrogen) atoms. The molecular weight excluding hydrogens is 374 g/mol. The molecule has 0 aliphatic rings. The van der Waals surface area contributed by atoms with Crippen LogP contribution in [0.4, 0.5) is 5.69 Å². The molecule has 0 spiro atoms. The summed E-state index contributed by atoms with van der Waals surface area (Å²) in [7, 11) is 0. The Balaban J connectivity index is 1.88. The van der Waals surface area contributed by atoms with Gasteiger partial charge in [-0.05, 0) is 60.6 Å². The Bertz CT molecular complexity index is 823. The molecule has 2 rings (SSSR count). The Morgan fingerprint density at radius 2 is 1.77 bits per heavy atom. The van der Waals surface area contributed by atoms with Crippen molar-refractivity contribution >= 4 is 17.8 Å². The Hall–Kier alpha value is -2.82. The van der Waals surface area contributed by atoms with Gasteiger partial charge in [-0.1, -0.05) is 52.0 Å². The van der Waals surface area contributed by atoms with Gasteiger partial charge >= 0.3 is 0 Å². The van der Waals surface area contributed by atoms with Gasteiger partial charge in [-0.2, -0.15) is 5.10 Å². The van der Waals surface area contributed by atoms with E-state index in [0.29, 0.717) is 5.92 Å². The quantitative estimate of drug-likeness (QED) is 0.406. The predicted molar refractivity (Wildman–Crippen MR) is 126 cm³/mol. The lowest BCUT2D eigenvalue weighted by Crippen LogP contribution is -2.25. The Morgan fingerprint density at radius 1 is 1.10 bits per heavy atom. The van der Waals surface area contributed by atoms with Gasteiger partial charge < -0.3 is 9.64 Å². The van der Waals surface area contributed by atoms with Crippen LogP contribution in [-0.4, -0.2) is 31.8 Å². The number of carbonyl (C=O) groups is 1. The Morgan fingerprint density at radius 3 is 2.37 bits per heavy atom. The lowest BCUT2D eigenvalue weighted by molar-refractivity contribution is -0.123. The fourth-order valence-corrected chi connectivity index (χ4v) is 3.28. The van der Waals surface area contributed by atoms with Gasteiger partial charge in [0.1, 0.15) is 5.75 Å². The van der Waals surface area contributed by atoms with Crippen LogP contribution in [0.5, 0.6) is 5.75 Å². The molecule has 2 aromatic rings. The van der Waals surface area contributed by atoms with Gasteiger partial charge in [0, 0.05) is 18.8 Å². The molecule has 0 saturated carbocycles. The molecule has 162 valence electrons. The van der Waals surface area contributed by atoms with Crippen molar-refractivity contribution in [2.24, 2.45) is 5.10 Å². The number of hydrazone groups is 1. The Labute approximate surface area is 181 Å². The van der Waals surface area contributed by atoms with E-state index in [1.807, 2.05) is 25.1 Å². The summed E-state index contributed by atoms with van der Waals surface area (Å²) in [6.45, 7) is 12.7. The highest BCUT2D eigenvalue weighted by Crippen LogP contribution is 2.27. The van der Waals surface area contributed by atoms with E-state index in [0.717, 1.165) is 48.4 Å². The number of anilines is 1. The number of benzene rings is 2. The lowest BCUT2D eigenvalue weighted by Gasteiger charge is -2.23. The SMILES string of the molecule is CCCN(CCC)c1ccc(C=NNC(=O)COc2cc(C)ccc2C(C)C)cc1. The first kappa shape index (κ1) is 23.5. The van der Waals surface area contributed by atoms with Crippen LogP contribution in [0.15, 0.2) is 47.6 Å². The van der Waals surface area contributed by atoms with Crippen molar-refractivity contribution in [1.29, 1.82) is 0 Å². The average Bonchev–Trinajstić information content (AvgIpc) is 2.72. The molecule has 0 bridgehead atoms. The molecule has 5 nitrogen and oxygen atoms in total. The maximum Gasteiger partial charge on any atom is 0.277 e. The summed E-state index contributed by atoms with van der Waals surface area (Å²) in [5, 5.41) is 4.06. The summed E-state index contributed by atoms with van der Waals surface area (Å²) in [6, 6.07) is 14.3. The number of amides is 1. The van der Waals surface area contributed by atoms with Crippen molar-refractivity contribution in [2.75, 3.05) is 24.6 Å². The predicted octanol–water partition coefficient (Wildman–Crippen LogP) is 5.27. The first-order valence-electron chi connectivity index (χ1n) is 10.8. The summed E-state index contributed by atoms with van der Waals surface area (Å²) in [6.07, 6.45) is 3.90. The normalized spacial score (nSPS) is 11.1. The van der Waals surface area contributed by atoms with Gasteiger partial charge in [-0.25, -0.2) is 5.43 Å². The number of ether oxygens (including phenoxy) is 1. The molecule has 0 aliphatic heterocycles. The maximum atomic E-state index is 12.1.